The Morgan fingerprint density at radius 1 is 1.16 bits per heavy atom. The van der Waals surface area contributed by atoms with Crippen molar-refractivity contribution < 1.29 is 22.4 Å². The maximum absolute atomic E-state index is 13.5. The van der Waals surface area contributed by atoms with Gasteiger partial charge in [0, 0.05) is 12.6 Å². The summed E-state index contributed by atoms with van der Waals surface area (Å²) >= 11 is 5.35. The molecule has 0 spiro atoms. The van der Waals surface area contributed by atoms with Crippen LogP contribution < -0.4 is 9.62 Å². The van der Waals surface area contributed by atoms with Gasteiger partial charge in [-0.2, -0.15) is 0 Å². The van der Waals surface area contributed by atoms with E-state index < -0.39 is 27.6 Å². The summed E-state index contributed by atoms with van der Waals surface area (Å²) in [6.07, 6.45) is 0. The summed E-state index contributed by atoms with van der Waals surface area (Å²) in [4.78, 5) is 22.2. The van der Waals surface area contributed by atoms with Crippen molar-refractivity contribution in [2.75, 3.05) is 16.2 Å². The van der Waals surface area contributed by atoms with Crippen LogP contribution in [0.15, 0.2) is 53.4 Å². The third kappa shape index (κ3) is 4.77. The van der Waals surface area contributed by atoms with Crippen molar-refractivity contribution in [1.82, 2.24) is 0 Å². The average Bonchev–Trinajstić information content (AvgIpc) is 2.52. The van der Waals surface area contributed by atoms with E-state index in [2.05, 4.69) is 5.32 Å². The Bertz CT molecular complexity index is 901. The summed E-state index contributed by atoms with van der Waals surface area (Å²) in [7, 11) is -4.16. The van der Waals surface area contributed by atoms with Gasteiger partial charge < -0.3 is 5.32 Å². The summed E-state index contributed by atoms with van der Waals surface area (Å²) in [6.45, 7) is 0.670. The predicted octanol–water partition coefficient (Wildman–Crippen LogP) is 2.74. The molecule has 0 fully saturated rings. The highest BCUT2D eigenvalue weighted by Crippen LogP contribution is 2.25. The fourth-order valence-corrected chi connectivity index (χ4v) is 3.70. The van der Waals surface area contributed by atoms with Crippen LogP contribution >= 0.6 is 11.6 Å². The highest BCUT2D eigenvalue weighted by Gasteiger charge is 2.27. The lowest BCUT2D eigenvalue weighted by molar-refractivity contribution is -0.114. The van der Waals surface area contributed by atoms with Gasteiger partial charge in [-0.15, -0.1) is 0 Å². The minimum atomic E-state index is -4.16. The molecular weight excluding hydrogens is 371 g/mol. The molecule has 1 amide bonds. The molecule has 0 heterocycles. The summed E-state index contributed by atoms with van der Waals surface area (Å²) in [5, 5.41) is 1.60. The molecule has 0 unspecified atom stereocenters. The molecule has 0 radical (unpaired) electrons. The van der Waals surface area contributed by atoms with Gasteiger partial charge in [-0.25, -0.2) is 12.8 Å². The zero-order chi connectivity index (χ0) is 18.6. The number of benzene rings is 2. The van der Waals surface area contributed by atoms with Crippen molar-refractivity contribution in [2.24, 2.45) is 0 Å². The third-order valence-electron chi connectivity index (χ3n) is 3.13. The predicted molar refractivity (Wildman–Crippen MR) is 92.5 cm³/mol. The average molecular weight is 385 g/mol. The second kappa shape index (κ2) is 7.62. The molecule has 0 aromatic heterocycles. The molecule has 0 aliphatic rings. The molecule has 132 valence electrons. The van der Waals surface area contributed by atoms with Crippen molar-refractivity contribution in [3.8, 4) is 0 Å². The first-order valence-corrected chi connectivity index (χ1v) is 8.86. The number of hydrogen-bond donors (Lipinski definition) is 1. The summed E-state index contributed by atoms with van der Waals surface area (Å²) in [5.74, 6) is -0.953. The number of nitrogens with zero attached hydrogens (tertiary/aromatic N) is 1. The molecule has 2 rings (SSSR count). The zero-order valence-electron chi connectivity index (χ0n) is 13.1. The molecule has 0 aliphatic heterocycles. The van der Waals surface area contributed by atoms with Gasteiger partial charge in [0.25, 0.3) is 10.0 Å². The van der Waals surface area contributed by atoms with E-state index in [1.165, 1.54) is 43.3 Å². The topological polar surface area (TPSA) is 83.6 Å². The second-order valence-electron chi connectivity index (χ2n) is 5.05. The molecule has 0 bridgehead atoms. The van der Waals surface area contributed by atoms with Gasteiger partial charge in [-0.1, -0.05) is 6.07 Å². The van der Waals surface area contributed by atoms with Crippen LogP contribution in [0.4, 0.5) is 15.8 Å². The highest BCUT2D eigenvalue weighted by atomic mass is 35.5. The Kier molecular flexibility index (Phi) is 5.76. The van der Waals surface area contributed by atoms with Gasteiger partial charge >= 0.3 is 0 Å². The van der Waals surface area contributed by atoms with Crippen molar-refractivity contribution in [3.05, 3.63) is 54.3 Å². The zero-order valence-corrected chi connectivity index (χ0v) is 14.6. The number of amides is 1. The molecule has 0 saturated heterocycles. The van der Waals surface area contributed by atoms with Crippen LogP contribution in [-0.4, -0.2) is 26.1 Å². The highest BCUT2D eigenvalue weighted by molar-refractivity contribution is 7.92. The van der Waals surface area contributed by atoms with Crippen LogP contribution in [0.1, 0.15) is 6.92 Å². The van der Waals surface area contributed by atoms with E-state index in [4.69, 9.17) is 11.6 Å². The normalized spacial score (nSPS) is 11.0. The van der Waals surface area contributed by atoms with E-state index in [1.54, 1.807) is 0 Å². The first-order valence-electron chi connectivity index (χ1n) is 7.04. The molecule has 6 nitrogen and oxygen atoms in total. The van der Waals surface area contributed by atoms with Gasteiger partial charge in [0.1, 0.15) is 12.4 Å². The van der Waals surface area contributed by atoms with E-state index in [9.17, 15) is 22.4 Å². The van der Waals surface area contributed by atoms with Gasteiger partial charge in [0.05, 0.1) is 10.6 Å². The first kappa shape index (κ1) is 18.9. The van der Waals surface area contributed by atoms with Gasteiger partial charge in [0.2, 0.25) is 11.1 Å². The molecular formula is C16H14ClFN2O4S. The van der Waals surface area contributed by atoms with E-state index in [0.717, 1.165) is 16.4 Å². The number of halogens is 2. The van der Waals surface area contributed by atoms with Gasteiger partial charge in [-0.05, 0) is 54.1 Å². The number of carbonyl (C=O) groups is 2. The number of nitrogens with one attached hydrogen (secondary N) is 1. The Hall–Kier alpha value is -2.45. The Morgan fingerprint density at radius 2 is 1.80 bits per heavy atom. The Balaban J connectivity index is 2.44. The monoisotopic (exact) mass is 384 g/mol. The fourth-order valence-electron chi connectivity index (χ4n) is 2.10. The second-order valence-corrected chi connectivity index (χ2v) is 7.34. The van der Waals surface area contributed by atoms with Crippen LogP contribution in [0.3, 0.4) is 0 Å². The van der Waals surface area contributed by atoms with Crippen LogP contribution in [0.25, 0.3) is 0 Å². The summed E-state index contributed by atoms with van der Waals surface area (Å²) in [5.41, 5.74) is 0.386. The lowest BCUT2D eigenvalue weighted by Crippen LogP contribution is -2.34. The quantitative estimate of drug-likeness (QED) is 0.776. The number of sulfonamides is 1. The Morgan fingerprint density at radius 3 is 2.32 bits per heavy atom. The van der Waals surface area contributed by atoms with Crippen molar-refractivity contribution in [3.63, 3.8) is 0 Å². The van der Waals surface area contributed by atoms with Crippen LogP contribution in [0.5, 0.6) is 0 Å². The number of hydrogen-bond acceptors (Lipinski definition) is 4. The van der Waals surface area contributed by atoms with Gasteiger partial charge in [0.15, 0.2) is 0 Å². The molecule has 25 heavy (non-hydrogen) atoms. The standard InChI is InChI=1S/C16H14ClFN2O4S/c1-11(21)19-13-5-7-15(8-6-13)25(23,24)20(10-16(17)22)14-4-2-3-12(18)9-14/h2-9H,10H2,1H3,(H,19,21). The summed E-state index contributed by atoms with van der Waals surface area (Å²) < 4.78 is 39.8. The molecule has 0 atom stereocenters. The van der Waals surface area contributed by atoms with Crippen LogP contribution in [0.2, 0.25) is 0 Å². The number of carbonyl (C=O) groups excluding carboxylic acids is 2. The smallest absolute Gasteiger partial charge is 0.264 e. The lowest BCUT2D eigenvalue weighted by Gasteiger charge is -2.23. The maximum Gasteiger partial charge on any atom is 0.264 e. The lowest BCUT2D eigenvalue weighted by atomic mass is 10.3. The fraction of sp³-hybridized carbons (Fsp3) is 0.125. The molecule has 1 N–H and O–H groups in total. The van der Waals surface area contributed by atoms with Crippen LogP contribution in [0, 0.1) is 5.82 Å². The van der Waals surface area contributed by atoms with E-state index in [-0.39, 0.29) is 16.5 Å². The molecule has 0 aliphatic carbocycles. The molecule has 2 aromatic rings. The Labute approximate surface area is 149 Å². The van der Waals surface area contributed by atoms with Crippen molar-refractivity contribution in [1.29, 1.82) is 0 Å². The van der Waals surface area contributed by atoms with E-state index >= 15 is 0 Å². The SMILES string of the molecule is CC(=O)Nc1ccc(S(=O)(=O)N(CC(=O)Cl)c2cccc(F)c2)cc1. The third-order valence-corrected chi connectivity index (χ3v) is 5.03. The van der Waals surface area contributed by atoms with E-state index in [0.29, 0.717) is 5.69 Å². The van der Waals surface area contributed by atoms with Crippen molar-refractivity contribution >= 4 is 44.1 Å². The minimum absolute atomic E-state index is 0.0278. The summed E-state index contributed by atoms with van der Waals surface area (Å²) in [6, 6.07) is 10.2. The minimum Gasteiger partial charge on any atom is -0.326 e. The molecule has 0 saturated carbocycles. The van der Waals surface area contributed by atoms with E-state index in [1.807, 2.05) is 0 Å². The molecule has 9 heteroatoms. The van der Waals surface area contributed by atoms with Crippen LogP contribution in [-0.2, 0) is 19.6 Å². The maximum atomic E-state index is 13.5. The molecule has 2 aromatic carbocycles. The largest absolute Gasteiger partial charge is 0.326 e. The van der Waals surface area contributed by atoms with Crippen molar-refractivity contribution in [2.45, 2.75) is 11.8 Å². The number of anilines is 2. The first-order chi connectivity index (χ1) is 11.7. The van der Waals surface area contributed by atoms with Gasteiger partial charge in [-0.3, -0.25) is 13.9 Å². The number of rotatable bonds is 6.